The summed E-state index contributed by atoms with van der Waals surface area (Å²) in [6, 6.07) is -0.711. The van der Waals surface area contributed by atoms with Crippen molar-refractivity contribution in [3.63, 3.8) is 0 Å². The van der Waals surface area contributed by atoms with E-state index in [0.717, 1.165) is 70.6 Å². The van der Waals surface area contributed by atoms with Crippen molar-refractivity contribution in [3.05, 3.63) is 36.5 Å². The average Bonchev–Trinajstić information content (AvgIpc) is 3.29. The molecule has 0 aromatic heterocycles. The van der Waals surface area contributed by atoms with Crippen LogP contribution in [0, 0.1) is 0 Å². The van der Waals surface area contributed by atoms with Gasteiger partial charge in [0.25, 0.3) is 0 Å². The Morgan fingerprint density at radius 1 is 0.453 bits per heavy atom. The van der Waals surface area contributed by atoms with Crippen LogP contribution in [0.2, 0.25) is 0 Å². The smallest absolute Gasteiger partial charge is 0.306 e. The monoisotopic (exact) mass is 900 g/mol. The highest BCUT2D eigenvalue weighted by Crippen LogP contribution is 2.18. The molecular weight excluding hydrogens is 791 g/mol. The molecule has 0 aromatic carbocycles. The number of hydrogen-bond donors (Lipinski definition) is 3. The van der Waals surface area contributed by atoms with Crippen molar-refractivity contribution in [1.29, 1.82) is 0 Å². The molecule has 6 heteroatoms. The van der Waals surface area contributed by atoms with Gasteiger partial charge in [-0.05, 0) is 64.2 Å². The number of amides is 1. The summed E-state index contributed by atoms with van der Waals surface area (Å²) in [4.78, 5) is 26.2. The summed E-state index contributed by atoms with van der Waals surface area (Å²) in [6.45, 7) is 6.47. The SMILES string of the molecule is CCCCC/C=C\C/C=C\C/C=C\CCCCC(CC(=O)NC(CO)C(O)CCCCCCCCCCCCCC)OC(=O)CCCCCCCCCCCCCCCCCCCC. The largest absolute Gasteiger partial charge is 0.462 e. The maximum absolute atomic E-state index is 13.2. The van der Waals surface area contributed by atoms with Gasteiger partial charge in [0.05, 0.1) is 25.2 Å². The molecule has 0 rings (SSSR count). The van der Waals surface area contributed by atoms with Gasteiger partial charge >= 0.3 is 5.97 Å². The highest BCUT2D eigenvalue weighted by Gasteiger charge is 2.24. The zero-order valence-electron chi connectivity index (χ0n) is 42.9. The van der Waals surface area contributed by atoms with E-state index in [1.165, 1.54) is 180 Å². The molecule has 3 N–H and O–H groups in total. The Balaban J connectivity index is 4.57. The van der Waals surface area contributed by atoms with Crippen molar-refractivity contribution in [1.82, 2.24) is 5.32 Å². The third kappa shape index (κ3) is 46.6. The Hall–Kier alpha value is -1.92. The van der Waals surface area contributed by atoms with Crippen molar-refractivity contribution in [3.8, 4) is 0 Å². The number of carbonyl (C=O) groups excluding carboxylic acids is 2. The van der Waals surface area contributed by atoms with Gasteiger partial charge in [-0.2, -0.15) is 0 Å². The molecule has 6 nitrogen and oxygen atoms in total. The Labute approximate surface area is 398 Å². The van der Waals surface area contributed by atoms with Crippen LogP contribution in [0.3, 0.4) is 0 Å². The van der Waals surface area contributed by atoms with E-state index in [1.54, 1.807) is 0 Å². The molecule has 0 aromatic rings. The molecule has 0 spiro atoms. The lowest BCUT2D eigenvalue weighted by Crippen LogP contribution is -2.46. The van der Waals surface area contributed by atoms with Crippen LogP contribution >= 0.6 is 0 Å². The van der Waals surface area contributed by atoms with Crippen molar-refractivity contribution in [2.75, 3.05) is 6.61 Å². The fourth-order valence-corrected chi connectivity index (χ4v) is 8.67. The van der Waals surface area contributed by atoms with Gasteiger partial charge in [-0.25, -0.2) is 0 Å². The molecule has 0 aliphatic heterocycles. The third-order valence-electron chi connectivity index (χ3n) is 13.0. The lowest BCUT2D eigenvalue weighted by atomic mass is 10.0. The van der Waals surface area contributed by atoms with E-state index >= 15 is 0 Å². The van der Waals surface area contributed by atoms with Crippen LogP contribution in [0.4, 0.5) is 0 Å². The van der Waals surface area contributed by atoms with E-state index in [0.29, 0.717) is 19.3 Å². The van der Waals surface area contributed by atoms with E-state index in [4.69, 9.17) is 4.74 Å². The maximum Gasteiger partial charge on any atom is 0.306 e. The van der Waals surface area contributed by atoms with E-state index < -0.39 is 18.2 Å². The molecule has 64 heavy (non-hydrogen) atoms. The number of esters is 1. The molecule has 0 radical (unpaired) electrons. The molecule has 0 bridgehead atoms. The van der Waals surface area contributed by atoms with Crippen molar-refractivity contribution >= 4 is 11.9 Å². The van der Waals surface area contributed by atoms with Crippen LogP contribution in [0.5, 0.6) is 0 Å². The first-order chi connectivity index (χ1) is 31.5. The van der Waals surface area contributed by atoms with E-state index in [2.05, 4.69) is 62.5 Å². The Kier molecular flexibility index (Phi) is 50.5. The summed E-state index contributed by atoms with van der Waals surface area (Å²) in [5.74, 6) is -0.497. The van der Waals surface area contributed by atoms with Gasteiger partial charge in [0.15, 0.2) is 0 Å². The molecule has 1 amide bonds. The standard InChI is InChI=1S/C58H109NO5/c1-4-7-10-13-16-19-22-25-27-28-29-31-33-36-39-42-45-48-51-58(63)64-54(49-46-43-40-37-34-32-30-26-23-20-17-14-11-8-5-2)52-57(62)59-55(53-60)56(61)50-47-44-41-38-35-24-21-18-15-12-9-6-3/h17,20,26,30,34,37,54-56,60-61H,4-16,18-19,21-25,27-29,31-33,35-36,38-53H2,1-3H3,(H,59,62)/b20-17-,30-26-,37-34-. The fourth-order valence-electron chi connectivity index (χ4n) is 8.67. The Morgan fingerprint density at radius 2 is 0.797 bits per heavy atom. The molecule has 0 aliphatic carbocycles. The summed E-state index contributed by atoms with van der Waals surface area (Å²) in [7, 11) is 0. The number of rotatable bonds is 51. The first kappa shape index (κ1) is 62.1. The van der Waals surface area contributed by atoms with Gasteiger partial charge < -0.3 is 20.3 Å². The van der Waals surface area contributed by atoms with Crippen LogP contribution in [-0.2, 0) is 14.3 Å². The van der Waals surface area contributed by atoms with Crippen LogP contribution in [-0.4, -0.2) is 46.9 Å². The van der Waals surface area contributed by atoms with E-state index in [1.807, 2.05) is 0 Å². The Bertz CT molecular complexity index is 1060. The molecule has 376 valence electrons. The average molecular weight is 901 g/mol. The predicted octanol–water partition coefficient (Wildman–Crippen LogP) is 17.2. The fraction of sp³-hybridized carbons (Fsp3) is 0.862. The number of unbranched alkanes of at least 4 members (excludes halogenated alkanes) is 33. The molecule has 0 saturated heterocycles. The van der Waals surface area contributed by atoms with Crippen molar-refractivity contribution in [2.24, 2.45) is 0 Å². The predicted molar refractivity (Wildman–Crippen MR) is 278 cm³/mol. The number of aliphatic hydroxyl groups excluding tert-OH is 2. The molecule has 3 atom stereocenters. The highest BCUT2D eigenvalue weighted by atomic mass is 16.5. The van der Waals surface area contributed by atoms with Crippen LogP contribution in [0.25, 0.3) is 0 Å². The van der Waals surface area contributed by atoms with Gasteiger partial charge in [-0.3, -0.25) is 9.59 Å². The van der Waals surface area contributed by atoms with Gasteiger partial charge in [0.1, 0.15) is 6.10 Å². The second-order valence-corrected chi connectivity index (χ2v) is 19.3. The number of ether oxygens (including phenoxy) is 1. The maximum atomic E-state index is 13.2. The number of aliphatic hydroxyl groups is 2. The normalized spacial score (nSPS) is 13.4. The van der Waals surface area contributed by atoms with Gasteiger partial charge in [-0.15, -0.1) is 0 Å². The molecule has 0 aliphatic rings. The highest BCUT2D eigenvalue weighted by molar-refractivity contribution is 5.77. The van der Waals surface area contributed by atoms with Crippen molar-refractivity contribution in [2.45, 2.75) is 315 Å². The second-order valence-electron chi connectivity index (χ2n) is 19.3. The second kappa shape index (κ2) is 52.1. The van der Waals surface area contributed by atoms with Crippen LogP contribution < -0.4 is 5.32 Å². The summed E-state index contributed by atoms with van der Waals surface area (Å²) < 4.78 is 5.94. The first-order valence-electron chi connectivity index (χ1n) is 28.2. The lowest BCUT2D eigenvalue weighted by molar-refractivity contribution is -0.151. The van der Waals surface area contributed by atoms with Crippen LogP contribution in [0.1, 0.15) is 297 Å². The summed E-state index contributed by atoms with van der Waals surface area (Å²) in [6.07, 6.45) is 62.1. The number of carbonyl (C=O) groups is 2. The van der Waals surface area contributed by atoms with Gasteiger partial charge in [0, 0.05) is 6.42 Å². The first-order valence-corrected chi connectivity index (χ1v) is 28.2. The number of nitrogens with one attached hydrogen (secondary N) is 1. The van der Waals surface area contributed by atoms with Crippen molar-refractivity contribution < 1.29 is 24.5 Å². The summed E-state index contributed by atoms with van der Waals surface area (Å²) >= 11 is 0. The van der Waals surface area contributed by atoms with Crippen LogP contribution in [0.15, 0.2) is 36.5 Å². The Morgan fingerprint density at radius 3 is 1.22 bits per heavy atom. The molecule has 3 unspecified atom stereocenters. The van der Waals surface area contributed by atoms with Gasteiger partial charge in [-0.1, -0.05) is 256 Å². The molecule has 0 saturated carbocycles. The third-order valence-corrected chi connectivity index (χ3v) is 13.0. The minimum atomic E-state index is -0.795. The molecular formula is C58H109NO5. The van der Waals surface area contributed by atoms with E-state index in [-0.39, 0.29) is 24.9 Å². The lowest BCUT2D eigenvalue weighted by Gasteiger charge is -2.24. The summed E-state index contributed by atoms with van der Waals surface area (Å²) in [5.41, 5.74) is 0. The minimum absolute atomic E-state index is 0.0559. The zero-order valence-corrected chi connectivity index (χ0v) is 42.9. The minimum Gasteiger partial charge on any atom is -0.462 e. The molecule has 0 heterocycles. The number of hydrogen-bond acceptors (Lipinski definition) is 5. The zero-order chi connectivity index (χ0) is 46.7. The number of allylic oxidation sites excluding steroid dienone is 6. The topological polar surface area (TPSA) is 95.9 Å². The summed E-state index contributed by atoms with van der Waals surface area (Å²) in [5, 5.41) is 23.8. The quantitative estimate of drug-likeness (QED) is 0.0321. The molecule has 0 fully saturated rings. The van der Waals surface area contributed by atoms with E-state index in [9.17, 15) is 19.8 Å². The van der Waals surface area contributed by atoms with Gasteiger partial charge in [0.2, 0.25) is 5.91 Å².